The van der Waals surface area contributed by atoms with Crippen molar-refractivity contribution in [3.05, 3.63) is 60.8 Å². The second kappa shape index (κ2) is 54.2. The molecular weight excluding hydrogens is 749 g/mol. The van der Waals surface area contributed by atoms with E-state index < -0.39 is 6.10 Å². The molecule has 1 N–H and O–H groups in total. The molecule has 0 bridgehead atoms. The van der Waals surface area contributed by atoms with Gasteiger partial charge in [0.2, 0.25) is 0 Å². The summed E-state index contributed by atoms with van der Waals surface area (Å²) in [4.78, 5) is 12.3. The zero-order chi connectivity index (χ0) is 44.0. The second-order valence-corrected chi connectivity index (χ2v) is 17.9. The molecule has 0 saturated carbocycles. The third-order valence-electron chi connectivity index (χ3n) is 11.8. The highest BCUT2D eigenvalue weighted by atomic mass is 16.6. The van der Waals surface area contributed by atoms with Gasteiger partial charge in [-0.05, 0) is 83.5 Å². The molecule has 1 unspecified atom stereocenters. The van der Waals surface area contributed by atoms with Gasteiger partial charge in [0.15, 0.2) is 0 Å². The largest absolute Gasteiger partial charge is 0.457 e. The van der Waals surface area contributed by atoms with E-state index in [-0.39, 0.29) is 12.6 Å². The molecule has 0 radical (unpaired) electrons. The lowest BCUT2D eigenvalue weighted by atomic mass is 10.0. The van der Waals surface area contributed by atoms with Crippen LogP contribution >= 0.6 is 0 Å². The Morgan fingerprint density at radius 1 is 0.393 bits per heavy atom. The van der Waals surface area contributed by atoms with Gasteiger partial charge in [-0.1, -0.05) is 242 Å². The van der Waals surface area contributed by atoms with E-state index in [4.69, 9.17) is 9.47 Å². The number of rotatable bonds is 50. The summed E-state index contributed by atoms with van der Waals surface area (Å²) >= 11 is 0. The van der Waals surface area contributed by atoms with E-state index in [1.54, 1.807) is 0 Å². The number of esters is 1. The van der Waals surface area contributed by atoms with Crippen LogP contribution in [0.2, 0.25) is 0 Å². The predicted molar refractivity (Wildman–Crippen MR) is 270 cm³/mol. The topological polar surface area (TPSA) is 55.8 Å². The molecule has 4 heteroatoms. The second-order valence-electron chi connectivity index (χ2n) is 17.9. The Bertz CT molecular complexity index is 993. The quantitative estimate of drug-likeness (QED) is 0.0376. The highest BCUT2D eigenvalue weighted by Gasteiger charge is 2.13. The van der Waals surface area contributed by atoms with Crippen molar-refractivity contribution in [2.75, 3.05) is 19.8 Å². The highest BCUT2D eigenvalue weighted by molar-refractivity contribution is 5.69. The molecule has 0 aromatic carbocycles. The Morgan fingerprint density at radius 3 is 1.03 bits per heavy atom. The van der Waals surface area contributed by atoms with Gasteiger partial charge in [-0.25, -0.2) is 0 Å². The summed E-state index contributed by atoms with van der Waals surface area (Å²) in [6.07, 6.45) is 73.2. The van der Waals surface area contributed by atoms with Gasteiger partial charge in [-0.3, -0.25) is 4.79 Å². The fourth-order valence-corrected chi connectivity index (χ4v) is 7.78. The van der Waals surface area contributed by atoms with Gasteiger partial charge in [0.1, 0.15) is 6.10 Å². The molecule has 0 aromatic rings. The first-order chi connectivity index (χ1) is 30.2. The van der Waals surface area contributed by atoms with Crippen LogP contribution in [0.4, 0.5) is 0 Å². The third kappa shape index (κ3) is 52.3. The van der Waals surface area contributed by atoms with E-state index >= 15 is 0 Å². The van der Waals surface area contributed by atoms with E-state index in [2.05, 4.69) is 74.6 Å². The van der Waals surface area contributed by atoms with Crippen LogP contribution in [0.1, 0.15) is 271 Å². The molecule has 0 spiro atoms. The maximum Gasteiger partial charge on any atom is 0.306 e. The number of ether oxygens (including phenoxy) is 2. The molecule has 0 rings (SSSR count). The van der Waals surface area contributed by atoms with E-state index in [0.717, 1.165) is 38.5 Å². The number of carbonyl (C=O) groups excluding carboxylic acids is 1. The number of hydrogen-bond donors (Lipinski definition) is 1. The summed E-state index contributed by atoms with van der Waals surface area (Å²) < 4.78 is 11.2. The van der Waals surface area contributed by atoms with Gasteiger partial charge in [0.05, 0.1) is 13.2 Å². The van der Waals surface area contributed by atoms with Crippen molar-refractivity contribution in [2.24, 2.45) is 0 Å². The van der Waals surface area contributed by atoms with E-state index in [0.29, 0.717) is 19.6 Å². The van der Waals surface area contributed by atoms with Crippen molar-refractivity contribution in [1.82, 2.24) is 0 Å². The van der Waals surface area contributed by atoms with Crippen LogP contribution in [0.25, 0.3) is 0 Å². The number of hydrogen-bond acceptors (Lipinski definition) is 4. The van der Waals surface area contributed by atoms with Gasteiger partial charge < -0.3 is 14.6 Å². The van der Waals surface area contributed by atoms with Gasteiger partial charge in [-0.15, -0.1) is 0 Å². The van der Waals surface area contributed by atoms with Crippen molar-refractivity contribution < 1.29 is 19.4 Å². The molecule has 4 nitrogen and oxygen atoms in total. The molecular formula is C57H104O4. The standard InChI is InChI=1S/C57H104O4/c1-3-5-7-9-11-13-15-17-19-21-23-25-27-28-29-31-33-35-37-39-41-43-45-47-49-51-53-60-55-56(54-58)61-57(59)52-50-48-46-44-42-40-38-36-34-32-30-26-24-22-20-18-16-14-12-10-8-6-4-2/h15-18,21-24,27-28,56,58H,3-14,19-20,25-26,29-55H2,1-2H3/b17-15-,18-16-,23-21-,24-22-,28-27-. The Labute approximate surface area is 381 Å². The maximum atomic E-state index is 12.3. The first-order valence-electron chi connectivity index (χ1n) is 26.9. The number of carbonyl (C=O) groups is 1. The summed E-state index contributed by atoms with van der Waals surface area (Å²) in [5.41, 5.74) is 0. The minimum absolute atomic E-state index is 0.174. The summed E-state index contributed by atoms with van der Waals surface area (Å²) in [5, 5.41) is 9.66. The fourth-order valence-electron chi connectivity index (χ4n) is 7.78. The minimum Gasteiger partial charge on any atom is -0.457 e. The van der Waals surface area contributed by atoms with Crippen LogP contribution in [0.5, 0.6) is 0 Å². The first kappa shape index (κ1) is 59.1. The highest BCUT2D eigenvalue weighted by Crippen LogP contribution is 2.15. The molecule has 0 aliphatic heterocycles. The molecule has 0 saturated heterocycles. The molecule has 0 aromatic heterocycles. The summed E-state index contributed by atoms with van der Waals surface area (Å²) in [5.74, 6) is -0.202. The predicted octanol–water partition coefficient (Wildman–Crippen LogP) is 18.3. The van der Waals surface area contributed by atoms with Crippen LogP contribution in [0, 0.1) is 0 Å². The lowest BCUT2D eigenvalue weighted by Crippen LogP contribution is -2.27. The molecule has 0 aliphatic carbocycles. The lowest BCUT2D eigenvalue weighted by Gasteiger charge is -2.16. The zero-order valence-corrected chi connectivity index (χ0v) is 40.9. The number of aliphatic hydroxyl groups excluding tert-OH is 1. The average Bonchev–Trinajstić information content (AvgIpc) is 3.27. The van der Waals surface area contributed by atoms with Crippen molar-refractivity contribution in [3.63, 3.8) is 0 Å². The first-order valence-corrected chi connectivity index (χ1v) is 26.9. The molecule has 0 amide bonds. The zero-order valence-electron chi connectivity index (χ0n) is 40.9. The molecule has 0 fully saturated rings. The molecule has 0 heterocycles. The number of allylic oxidation sites excluding steroid dienone is 10. The molecule has 356 valence electrons. The van der Waals surface area contributed by atoms with Crippen molar-refractivity contribution in [3.8, 4) is 0 Å². The van der Waals surface area contributed by atoms with Gasteiger partial charge in [-0.2, -0.15) is 0 Å². The summed E-state index contributed by atoms with van der Waals surface area (Å²) in [6, 6.07) is 0. The van der Waals surface area contributed by atoms with Crippen LogP contribution in [-0.4, -0.2) is 37.0 Å². The van der Waals surface area contributed by atoms with E-state index in [1.807, 2.05) is 0 Å². The van der Waals surface area contributed by atoms with Gasteiger partial charge in [0.25, 0.3) is 0 Å². The number of unbranched alkanes of at least 4 members (excludes halogenated alkanes) is 32. The SMILES string of the molecule is CCCCCCC/C=C\C/C=C\C/C=C\CCCCCCCCCCCCCOCC(CO)OC(=O)CCCCCCCCCCCCC/C=C\C/C=C\CCCCCCC. The van der Waals surface area contributed by atoms with Crippen LogP contribution < -0.4 is 0 Å². The summed E-state index contributed by atoms with van der Waals surface area (Å²) in [6.45, 7) is 5.34. The third-order valence-corrected chi connectivity index (χ3v) is 11.8. The van der Waals surface area contributed by atoms with Crippen LogP contribution in [0.3, 0.4) is 0 Å². The van der Waals surface area contributed by atoms with Crippen molar-refractivity contribution in [1.29, 1.82) is 0 Å². The molecule has 0 aliphatic rings. The van der Waals surface area contributed by atoms with E-state index in [1.165, 1.54) is 212 Å². The van der Waals surface area contributed by atoms with Crippen molar-refractivity contribution >= 4 is 5.97 Å². The summed E-state index contributed by atoms with van der Waals surface area (Å²) in [7, 11) is 0. The Hall–Kier alpha value is -1.91. The smallest absolute Gasteiger partial charge is 0.306 e. The maximum absolute atomic E-state index is 12.3. The molecule has 61 heavy (non-hydrogen) atoms. The van der Waals surface area contributed by atoms with Gasteiger partial charge >= 0.3 is 5.97 Å². The molecule has 1 atom stereocenters. The Balaban J connectivity index is 3.42. The van der Waals surface area contributed by atoms with Crippen LogP contribution in [-0.2, 0) is 14.3 Å². The van der Waals surface area contributed by atoms with E-state index in [9.17, 15) is 9.90 Å². The average molecular weight is 853 g/mol. The van der Waals surface area contributed by atoms with Crippen molar-refractivity contribution in [2.45, 2.75) is 277 Å². The normalized spacial score (nSPS) is 12.8. The minimum atomic E-state index is -0.540. The Kier molecular flexibility index (Phi) is 52.5. The van der Waals surface area contributed by atoms with Crippen LogP contribution in [0.15, 0.2) is 60.8 Å². The monoisotopic (exact) mass is 853 g/mol. The lowest BCUT2D eigenvalue weighted by molar-refractivity contribution is -0.154. The number of aliphatic hydroxyl groups is 1. The fraction of sp³-hybridized carbons (Fsp3) is 0.807. The van der Waals surface area contributed by atoms with Gasteiger partial charge in [0, 0.05) is 13.0 Å². The Morgan fingerprint density at radius 2 is 0.689 bits per heavy atom.